The van der Waals surface area contributed by atoms with Gasteiger partial charge in [0.2, 0.25) is 0 Å². The first-order valence-corrected chi connectivity index (χ1v) is 9.94. The number of allylic oxidation sites excluding steroid dienone is 1. The van der Waals surface area contributed by atoms with Crippen LogP contribution in [0.2, 0.25) is 0 Å². The number of halogens is 3. The van der Waals surface area contributed by atoms with Crippen LogP contribution in [0.5, 0.6) is 0 Å². The molecule has 142 valence electrons. The molecule has 2 aromatic carbocycles. The summed E-state index contributed by atoms with van der Waals surface area (Å²) in [7, 11) is 0. The van der Waals surface area contributed by atoms with Crippen molar-refractivity contribution in [3.63, 3.8) is 0 Å². The predicted molar refractivity (Wildman–Crippen MR) is 102 cm³/mol. The molecule has 0 aliphatic heterocycles. The summed E-state index contributed by atoms with van der Waals surface area (Å²) in [6.07, 6.45) is 8.69. The van der Waals surface area contributed by atoms with E-state index in [1.54, 1.807) is 0 Å². The van der Waals surface area contributed by atoms with E-state index < -0.39 is 17.5 Å². The Hall–Kier alpha value is -2.03. The summed E-state index contributed by atoms with van der Waals surface area (Å²) < 4.78 is 41.0. The van der Waals surface area contributed by atoms with Crippen LogP contribution in [0.1, 0.15) is 66.2 Å². The molecule has 0 amide bonds. The number of rotatable bonds is 3. The van der Waals surface area contributed by atoms with Gasteiger partial charge in [-0.2, -0.15) is 0 Å². The van der Waals surface area contributed by atoms with Gasteiger partial charge in [0.15, 0.2) is 17.5 Å². The van der Waals surface area contributed by atoms with Crippen molar-refractivity contribution in [3.05, 3.63) is 82.7 Å². The molecule has 2 aliphatic carbocycles. The molecule has 1 atom stereocenters. The Balaban J connectivity index is 1.48. The van der Waals surface area contributed by atoms with Gasteiger partial charge in [-0.3, -0.25) is 0 Å². The summed E-state index contributed by atoms with van der Waals surface area (Å²) in [5.41, 5.74) is 3.54. The summed E-state index contributed by atoms with van der Waals surface area (Å²) in [5, 5.41) is 0. The smallest absolute Gasteiger partial charge is 0.194 e. The summed E-state index contributed by atoms with van der Waals surface area (Å²) in [6, 6.07) is 9.94. The van der Waals surface area contributed by atoms with Crippen molar-refractivity contribution < 1.29 is 13.2 Å². The fourth-order valence-corrected chi connectivity index (χ4v) is 4.83. The molecule has 2 aromatic rings. The van der Waals surface area contributed by atoms with E-state index >= 15 is 0 Å². The van der Waals surface area contributed by atoms with Gasteiger partial charge in [-0.25, -0.2) is 13.2 Å². The van der Waals surface area contributed by atoms with Crippen molar-refractivity contribution in [1.29, 1.82) is 0 Å². The molecule has 1 saturated carbocycles. The Morgan fingerprint density at radius 2 is 1.44 bits per heavy atom. The molecule has 1 unspecified atom stereocenters. The first kappa shape index (κ1) is 18.3. The van der Waals surface area contributed by atoms with Gasteiger partial charge < -0.3 is 0 Å². The number of hydrogen-bond acceptors (Lipinski definition) is 0. The minimum absolute atomic E-state index is 0.229. The molecule has 0 spiro atoms. The molecule has 1 fully saturated rings. The molecule has 0 nitrogen and oxygen atoms in total. The third-order valence-electron chi connectivity index (χ3n) is 6.55. The van der Waals surface area contributed by atoms with E-state index in [-0.39, 0.29) is 5.92 Å². The average molecular weight is 370 g/mol. The molecular formula is C24H25F3. The van der Waals surface area contributed by atoms with Crippen LogP contribution in [-0.4, -0.2) is 0 Å². The Morgan fingerprint density at radius 3 is 2.07 bits per heavy atom. The lowest BCUT2D eigenvalue weighted by Gasteiger charge is -2.28. The predicted octanol–water partition coefficient (Wildman–Crippen LogP) is 6.84. The Bertz CT molecular complexity index is 830. The van der Waals surface area contributed by atoms with Gasteiger partial charge >= 0.3 is 0 Å². The van der Waals surface area contributed by atoms with Gasteiger partial charge in [0, 0.05) is 0 Å². The standard InChI is InChI=1S/C24H25F3/c1-2-15-3-5-16(6-4-15)17-7-9-18(10-8-17)19-11-12-21-20(13-19)14-22(25)24(27)23(21)26/h2,7-10,14-16,19H,1,3-6,11-13H2. The van der Waals surface area contributed by atoms with Crippen molar-refractivity contribution in [2.45, 2.75) is 56.8 Å². The van der Waals surface area contributed by atoms with Gasteiger partial charge in [-0.05, 0) is 91.0 Å². The van der Waals surface area contributed by atoms with Crippen LogP contribution in [0.15, 0.2) is 43.0 Å². The first-order chi connectivity index (χ1) is 13.1. The van der Waals surface area contributed by atoms with Crippen molar-refractivity contribution in [2.24, 2.45) is 5.92 Å². The third kappa shape index (κ3) is 3.56. The van der Waals surface area contributed by atoms with Crippen LogP contribution < -0.4 is 0 Å². The Labute approximate surface area is 159 Å². The van der Waals surface area contributed by atoms with E-state index in [9.17, 15) is 13.2 Å². The van der Waals surface area contributed by atoms with E-state index in [1.165, 1.54) is 42.9 Å². The molecule has 0 radical (unpaired) electrons. The molecule has 0 N–H and O–H groups in total. The monoisotopic (exact) mass is 370 g/mol. The molecule has 0 heterocycles. The Morgan fingerprint density at radius 1 is 0.815 bits per heavy atom. The maximum absolute atomic E-state index is 14.0. The second-order valence-corrected chi connectivity index (χ2v) is 8.08. The zero-order chi connectivity index (χ0) is 19.0. The zero-order valence-corrected chi connectivity index (χ0v) is 15.5. The first-order valence-electron chi connectivity index (χ1n) is 9.94. The second kappa shape index (κ2) is 7.53. The fraction of sp³-hybridized carbons (Fsp3) is 0.417. The summed E-state index contributed by atoms with van der Waals surface area (Å²) in [6.45, 7) is 3.91. The lowest BCUT2D eigenvalue weighted by molar-refractivity contribution is 0.376. The molecule has 0 saturated heterocycles. The van der Waals surface area contributed by atoms with Crippen LogP contribution in [-0.2, 0) is 12.8 Å². The molecule has 0 aromatic heterocycles. The van der Waals surface area contributed by atoms with Crippen molar-refractivity contribution in [2.75, 3.05) is 0 Å². The number of benzene rings is 2. The van der Waals surface area contributed by atoms with Gasteiger partial charge in [-0.1, -0.05) is 30.3 Å². The van der Waals surface area contributed by atoms with E-state index in [0.717, 1.165) is 6.42 Å². The van der Waals surface area contributed by atoms with Gasteiger partial charge in [0.25, 0.3) is 0 Å². The minimum Gasteiger partial charge on any atom is -0.204 e. The molecule has 2 aliphatic rings. The maximum atomic E-state index is 14.0. The van der Waals surface area contributed by atoms with Crippen LogP contribution in [0.4, 0.5) is 13.2 Å². The van der Waals surface area contributed by atoms with E-state index in [0.29, 0.717) is 35.8 Å². The highest BCUT2D eigenvalue weighted by Gasteiger charge is 2.27. The molecule has 3 heteroatoms. The quantitative estimate of drug-likeness (QED) is 0.410. The summed E-state index contributed by atoms with van der Waals surface area (Å²) >= 11 is 0. The van der Waals surface area contributed by atoms with Gasteiger partial charge in [0.05, 0.1) is 0 Å². The van der Waals surface area contributed by atoms with Crippen LogP contribution in [0, 0.1) is 23.4 Å². The lowest BCUT2D eigenvalue weighted by Crippen LogP contribution is -2.16. The highest BCUT2D eigenvalue weighted by Crippen LogP contribution is 2.38. The summed E-state index contributed by atoms with van der Waals surface area (Å²) in [4.78, 5) is 0. The molecular weight excluding hydrogens is 345 g/mol. The van der Waals surface area contributed by atoms with Gasteiger partial charge in [0.1, 0.15) is 0 Å². The zero-order valence-electron chi connectivity index (χ0n) is 15.5. The number of hydrogen-bond donors (Lipinski definition) is 0. The van der Waals surface area contributed by atoms with Crippen molar-refractivity contribution in [3.8, 4) is 0 Å². The fourth-order valence-electron chi connectivity index (χ4n) is 4.83. The van der Waals surface area contributed by atoms with Gasteiger partial charge in [-0.15, -0.1) is 6.58 Å². The highest BCUT2D eigenvalue weighted by molar-refractivity contribution is 5.37. The Kier molecular flexibility index (Phi) is 5.12. The molecule has 0 bridgehead atoms. The van der Waals surface area contributed by atoms with Crippen molar-refractivity contribution in [1.82, 2.24) is 0 Å². The lowest BCUT2D eigenvalue weighted by atomic mass is 9.77. The topological polar surface area (TPSA) is 0 Å². The highest BCUT2D eigenvalue weighted by atomic mass is 19.2. The minimum atomic E-state index is -1.34. The largest absolute Gasteiger partial charge is 0.204 e. The third-order valence-corrected chi connectivity index (χ3v) is 6.55. The van der Waals surface area contributed by atoms with Crippen molar-refractivity contribution >= 4 is 0 Å². The van der Waals surface area contributed by atoms with E-state index in [1.807, 2.05) is 0 Å². The normalized spacial score (nSPS) is 25.1. The second-order valence-electron chi connectivity index (χ2n) is 8.08. The average Bonchev–Trinajstić information content (AvgIpc) is 2.72. The van der Waals surface area contributed by atoms with Crippen LogP contribution in [0.25, 0.3) is 0 Å². The summed E-state index contributed by atoms with van der Waals surface area (Å²) in [5.74, 6) is -1.93. The SMILES string of the molecule is C=CC1CCC(c2ccc(C3CCc4c(cc(F)c(F)c4F)C3)cc2)CC1. The maximum Gasteiger partial charge on any atom is 0.194 e. The number of fused-ring (bicyclic) bond motifs is 1. The van der Waals surface area contributed by atoms with E-state index in [2.05, 4.69) is 36.9 Å². The van der Waals surface area contributed by atoms with Crippen LogP contribution >= 0.6 is 0 Å². The van der Waals surface area contributed by atoms with Crippen LogP contribution in [0.3, 0.4) is 0 Å². The molecule has 4 rings (SSSR count). The molecule has 27 heavy (non-hydrogen) atoms. The van der Waals surface area contributed by atoms with E-state index in [4.69, 9.17) is 0 Å².